The summed E-state index contributed by atoms with van der Waals surface area (Å²) >= 11 is 4.51. The zero-order valence-electron chi connectivity index (χ0n) is 15.3. The van der Waals surface area contributed by atoms with Crippen LogP contribution in [0.3, 0.4) is 0 Å². The SMILES string of the molecule is COC(=O)/C=C1/S/C(=N\N=Cc2cccc(OCc3ccccc3Br)c2)NC1=O. The highest BCUT2D eigenvalue weighted by atomic mass is 79.9. The van der Waals surface area contributed by atoms with E-state index in [9.17, 15) is 9.59 Å². The van der Waals surface area contributed by atoms with Crippen molar-refractivity contribution in [1.82, 2.24) is 5.32 Å². The molecule has 1 N–H and O–H groups in total. The molecule has 2 aromatic carbocycles. The van der Waals surface area contributed by atoms with Crippen LogP contribution >= 0.6 is 27.7 Å². The average Bonchev–Trinajstić information content (AvgIpc) is 3.06. The molecule has 0 radical (unpaired) electrons. The van der Waals surface area contributed by atoms with Gasteiger partial charge in [-0.2, -0.15) is 5.10 Å². The van der Waals surface area contributed by atoms with Crippen LogP contribution in [-0.2, 0) is 20.9 Å². The van der Waals surface area contributed by atoms with Gasteiger partial charge in [-0.25, -0.2) is 4.79 Å². The maximum Gasteiger partial charge on any atom is 0.331 e. The fourth-order valence-electron chi connectivity index (χ4n) is 2.25. The van der Waals surface area contributed by atoms with E-state index in [-0.39, 0.29) is 10.1 Å². The summed E-state index contributed by atoms with van der Waals surface area (Å²) in [7, 11) is 1.24. The summed E-state index contributed by atoms with van der Waals surface area (Å²) in [5.74, 6) is -0.326. The normalized spacial score (nSPS) is 16.4. The van der Waals surface area contributed by atoms with Crippen molar-refractivity contribution >= 4 is 51.0 Å². The van der Waals surface area contributed by atoms with Crippen molar-refractivity contribution in [3.63, 3.8) is 0 Å². The minimum atomic E-state index is -0.605. The van der Waals surface area contributed by atoms with E-state index >= 15 is 0 Å². The fraction of sp³-hybridized carbons (Fsp3) is 0.100. The van der Waals surface area contributed by atoms with Gasteiger partial charge in [-0.1, -0.05) is 46.3 Å². The van der Waals surface area contributed by atoms with E-state index in [1.165, 1.54) is 7.11 Å². The van der Waals surface area contributed by atoms with Crippen molar-refractivity contribution < 1.29 is 19.1 Å². The van der Waals surface area contributed by atoms with Crippen LogP contribution < -0.4 is 10.1 Å². The number of thioether (sulfide) groups is 1. The maximum absolute atomic E-state index is 11.8. The van der Waals surface area contributed by atoms with E-state index in [0.29, 0.717) is 12.4 Å². The Morgan fingerprint density at radius 2 is 2.07 bits per heavy atom. The van der Waals surface area contributed by atoms with Gasteiger partial charge in [0, 0.05) is 16.1 Å². The molecule has 0 aromatic heterocycles. The Morgan fingerprint density at radius 3 is 2.86 bits per heavy atom. The molecule has 3 rings (SSSR count). The Balaban J connectivity index is 1.61. The zero-order chi connectivity index (χ0) is 20.6. The molecule has 1 amide bonds. The second-order valence-corrected chi connectivity index (χ2v) is 7.58. The minimum Gasteiger partial charge on any atom is -0.489 e. The molecule has 0 atom stereocenters. The molecule has 0 spiro atoms. The maximum atomic E-state index is 11.8. The first-order valence-electron chi connectivity index (χ1n) is 8.41. The fourth-order valence-corrected chi connectivity index (χ4v) is 3.39. The van der Waals surface area contributed by atoms with E-state index in [1.54, 1.807) is 6.21 Å². The number of ether oxygens (including phenoxy) is 2. The zero-order valence-corrected chi connectivity index (χ0v) is 17.7. The Hall–Kier alpha value is -2.91. The first kappa shape index (κ1) is 20.8. The van der Waals surface area contributed by atoms with Crippen LogP contribution in [0.15, 0.2) is 74.2 Å². The highest BCUT2D eigenvalue weighted by Crippen LogP contribution is 2.23. The summed E-state index contributed by atoms with van der Waals surface area (Å²) in [6.07, 6.45) is 2.66. The Morgan fingerprint density at radius 1 is 1.24 bits per heavy atom. The number of amidine groups is 1. The predicted molar refractivity (Wildman–Crippen MR) is 116 cm³/mol. The van der Waals surface area contributed by atoms with Gasteiger partial charge >= 0.3 is 5.97 Å². The Labute approximate surface area is 180 Å². The van der Waals surface area contributed by atoms with Crippen molar-refractivity contribution in [2.24, 2.45) is 10.2 Å². The number of methoxy groups -OCH3 is 1. The number of rotatable bonds is 6. The van der Waals surface area contributed by atoms with E-state index in [2.05, 4.69) is 36.2 Å². The predicted octanol–water partition coefficient (Wildman–Crippen LogP) is 3.64. The third-order valence-corrected chi connectivity index (χ3v) is 5.34. The molecule has 1 heterocycles. The van der Waals surface area contributed by atoms with Crippen molar-refractivity contribution in [3.05, 3.63) is 75.1 Å². The molecule has 0 saturated carbocycles. The molecule has 0 unspecified atom stereocenters. The van der Waals surface area contributed by atoms with Crippen LogP contribution in [0, 0.1) is 0 Å². The minimum absolute atomic E-state index is 0.202. The third-order valence-electron chi connectivity index (χ3n) is 3.67. The number of halogens is 1. The van der Waals surface area contributed by atoms with Gasteiger partial charge in [0.15, 0.2) is 5.17 Å². The smallest absolute Gasteiger partial charge is 0.331 e. The lowest BCUT2D eigenvalue weighted by atomic mass is 10.2. The quantitative estimate of drug-likeness (QED) is 0.299. The molecular weight excluding hydrogens is 458 g/mol. The van der Waals surface area contributed by atoms with Gasteiger partial charge < -0.3 is 9.47 Å². The Bertz CT molecular complexity index is 1020. The van der Waals surface area contributed by atoms with Crippen molar-refractivity contribution in [1.29, 1.82) is 0 Å². The second-order valence-electron chi connectivity index (χ2n) is 5.69. The molecule has 1 aliphatic heterocycles. The van der Waals surface area contributed by atoms with Crippen LogP contribution in [0.1, 0.15) is 11.1 Å². The molecule has 0 bridgehead atoms. The molecule has 7 nitrogen and oxygen atoms in total. The van der Waals surface area contributed by atoms with Crippen molar-refractivity contribution in [2.45, 2.75) is 6.61 Å². The third kappa shape index (κ3) is 6.03. The number of amides is 1. The van der Waals surface area contributed by atoms with Gasteiger partial charge in [0.1, 0.15) is 12.4 Å². The molecule has 9 heteroatoms. The average molecular weight is 474 g/mol. The van der Waals surface area contributed by atoms with Gasteiger partial charge in [0.25, 0.3) is 5.91 Å². The number of hydrogen-bond acceptors (Lipinski definition) is 7. The second kappa shape index (κ2) is 10.0. The molecular formula is C20H16BrN3O4S. The number of hydrogen-bond donors (Lipinski definition) is 1. The monoisotopic (exact) mass is 473 g/mol. The van der Waals surface area contributed by atoms with Gasteiger partial charge in [0.2, 0.25) is 0 Å². The molecule has 2 aromatic rings. The molecule has 0 aliphatic carbocycles. The van der Waals surface area contributed by atoms with E-state index in [0.717, 1.165) is 33.4 Å². The summed E-state index contributed by atoms with van der Waals surface area (Å²) in [6, 6.07) is 15.3. The van der Waals surface area contributed by atoms with Crippen LogP contribution in [0.25, 0.3) is 0 Å². The van der Waals surface area contributed by atoms with E-state index in [1.807, 2.05) is 48.5 Å². The van der Waals surface area contributed by atoms with E-state index in [4.69, 9.17) is 4.74 Å². The highest BCUT2D eigenvalue weighted by Gasteiger charge is 2.24. The standard InChI is InChI=1S/C20H16BrN3O4S/c1-27-18(25)10-17-19(26)23-20(29-17)24-22-11-13-5-4-7-15(9-13)28-12-14-6-2-3-8-16(14)21/h2-11H,12H2,1H3,(H,23,24,26)/b17-10+,22-11?. The number of nitrogens with one attached hydrogen (secondary N) is 1. The summed E-state index contributed by atoms with van der Waals surface area (Å²) in [5, 5.41) is 10.8. The molecule has 1 aliphatic rings. The van der Waals surface area contributed by atoms with Crippen LogP contribution in [0.5, 0.6) is 5.75 Å². The van der Waals surface area contributed by atoms with Crippen LogP contribution in [0.4, 0.5) is 0 Å². The lowest BCUT2D eigenvalue weighted by Gasteiger charge is -2.08. The Kier molecular flexibility index (Phi) is 7.20. The van der Waals surface area contributed by atoms with Gasteiger partial charge in [0.05, 0.1) is 18.2 Å². The number of carbonyl (C=O) groups excluding carboxylic acids is 2. The van der Waals surface area contributed by atoms with E-state index < -0.39 is 11.9 Å². The lowest BCUT2D eigenvalue weighted by molar-refractivity contribution is -0.135. The summed E-state index contributed by atoms with van der Waals surface area (Å²) in [5.41, 5.74) is 1.83. The first-order chi connectivity index (χ1) is 14.0. The number of nitrogens with zero attached hydrogens (tertiary/aromatic N) is 2. The lowest BCUT2D eigenvalue weighted by Crippen LogP contribution is -2.19. The molecule has 1 fully saturated rings. The first-order valence-corrected chi connectivity index (χ1v) is 10.0. The largest absolute Gasteiger partial charge is 0.489 e. The molecule has 29 heavy (non-hydrogen) atoms. The summed E-state index contributed by atoms with van der Waals surface area (Å²) in [4.78, 5) is 23.2. The summed E-state index contributed by atoms with van der Waals surface area (Å²) < 4.78 is 11.3. The number of carbonyl (C=O) groups is 2. The van der Waals surface area contributed by atoms with Gasteiger partial charge in [-0.05, 0) is 35.5 Å². The van der Waals surface area contributed by atoms with Crippen LogP contribution in [0.2, 0.25) is 0 Å². The highest BCUT2D eigenvalue weighted by molar-refractivity contribution is 9.10. The van der Waals surface area contributed by atoms with Crippen molar-refractivity contribution in [2.75, 3.05) is 7.11 Å². The van der Waals surface area contributed by atoms with Crippen molar-refractivity contribution in [3.8, 4) is 5.75 Å². The summed E-state index contributed by atoms with van der Waals surface area (Å²) in [6.45, 7) is 0.433. The van der Waals surface area contributed by atoms with Crippen LogP contribution in [-0.4, -0.2) is 30.4 Å². The number of benzene rings is 2. The molecule has 1 saturated heterocycles. The molecule has 148 valence electrons. The van der Waals surface area contributed by atoms with Gasteiger partial charge in [-0.15, -0.1) is 5.10 Å². The topological polar surface area (TPSA) is 89.3 Å². The van der Waals surface area contributed by atoms with Gasteiger partial charge in [-0.3, -0.25) is 10.1 Å². The number of esters is 1.